The third-order valence-corrected chi connectivity index (χ3v) is 3.75. The summed E-state index contributed by atoms with van der Waals surface area (Å²) in [5.41, 5.74) is 1.10. The minimum absolute atomic E-state index is 0.0190. The van der Waals surface area contributed by atoms with E-state index in [0.717, 1.165) is 0 Å². The van der Waals surface area contributed by atoms with Crippen LogP contribution in [0.5, 0.6) is 0 Å². The van der Waals surface area contributed by atoms with Gasteiger partial charge in [-0.1, -0.05) is 11.6 Å². The third kappa shape index (κ3) is 4.72. The highest BCUT2D eigenvalue weighted by Gasteiger charge is 2.19. The first-order chi connectivity index (χ1) is 11.4. The van der Waals surface area contributed by atoms with Gasteiger partial charge in [-0.3, -0.25) is 4.79 Å². The van der Waals surface area contributed by atoms with Gasteiger partial charge in [-0.05, 0) is 38.5 Å². The van der Waals surface area contributed by atoms with Crippen molar-refractivity contribution in [3.8, 4) is 0 Å². The minimum atomic E-state index is -1.10. The molecule has 1 amide bonds. The maximum absolute atomic E-state index is 12.1. The highest BCUT2D eigenvalue weighted by Crippen LogP contribution is 2.26. The fraction of sp³-hybridized carbons (Fsp3) is 0.412. The van der Waals surface area contributed by atoms with E-state index in [1.807, 2.05) is 13.8 Å². The van der Waals surface area contributed by atoms with Crippen LogP contribution < -0.4 is 5.32 Å². The van der Waals surface area contributed by atoms with E-state index in [2.05, 4.69) is 10.3 Å². The van der Waals surface area contributed by atoms with Crippen molar-refractivity contribution in [1.82, 2.24) is 10.3 Å². The minimum Gasteiger partial charge on any atom is -0.477 e. The highest BCUT2D eigenvalue weighted by atomic mass is 35.5. The topological polar surface area (TPSA) is 91.4 Å². The molecule has 1 heterocycles. The number of benzene rings is 1. The van der Waals surface area contributed by atoms with Gasteiger partial charge >= 0.3 is 5.97 Å². The highest BCUT2D eigenvalue weighted by molar-refractivity contribution is 6.31. The Morgan fingerprint density at radius 2 is 2.12 bits per heavy atom. The molecular weight excluding hydrogens is 332 g/mol. The van der Waals surface area contributed by atoms with Gasteiger partial charge in [-0.2, -0.15) is 0 Å². The van der Waals surface area contributed by atoms with Gasteiger partial charge in [0.15, 0.2) is 0 Å². The molecule has 0 spiro atoms. The number of halogens is 1. The summed E-state index contributed by atoms with van der Waals surface area (Å²) in [6.45, 7) is 4.96. The van der Waals surface area contributed by atoms with Gasteiger partial charge in [-0.15, -0.1) is 0 Å². The molecule has 0 aliphatic heterocycles. The summed E-state index contributed by atoms with van der Waals surface area (Å²) < 4.78 is 5.40. The normalized spacial score (nSPS) is 11.2. The standard InChI is InChI=1S/C17H21ClN2O4/c1-10(2)24-7-3-6-19-15(21)9-13-12-8-11(18)4-5-14(12)20-16(13)17(22)23/h4-5,8,10,20H,3,6-7,9H2,1-2H3,(H,19,21)(H,22,23). The zero-order valence-corrected chi connectivity index (χ0v) is 14.4. The molecule has 3 N–H and O–H groups in total. The first kappa shape index (κ1) is 18.3. The van der Waals surface area contributed by atoms with Crippen molar-refractivity contribution in [2.75, 3.05) is 13.2 Å². The Labute approximate surface area is 145 Å². The monoisotopic (exact) mass is 352 g/mol. The molecule has 1 aromatic carbocycles. The maximum atomic E-state index is 12.1. The number of carbonyl (C=O) groups is 2. The number of nitrogens with one attached hydrogen (secondary N) is 2. The summed E-state index contributed by atoms with van der Waals surface area (Å²) in [5.74, 6) is -1.33. The number of ether oxygens (including phenoxy) is 1. The number of amides is 1. The first-order valence-electron chi connectivity index (χ1n) is 7.80. The van der Waals surface area contributed by atoms with Crippen LogP contribution in [0, 0.1) is 0 Å². The molecule has 0 saturated heterocycles. The number of carbonyl (C=O) groups excluding carboxylic acids is 1. The van der Waals surface area contributed by atoms with Crippen LogP contribution in [0.1, 0.15) is 36.3 Å². The summed E-state index contributed by atoms with van der Waals surface area (Å²) in [7, 11) is 0. The lowest BCUT2D eigenvalue weighted by atomic mass is 10.1. The predicted octanol–water partition coefficient (Wildman–Crippen LogP) is 2.99. The molecule has 2 rings (SSSR count). The number of H-pyrrole nitrogens is 1. The summed E-state index contributed by atoms with van der Waals surface area (Å²) in [6, 6.07) is 5.04. The van der Waals surface area contributed by atoms with Crippen LogP contribution in [-0.2, 0) is 16.0 Å². The van der Waals surface area contributed by atoms with Gasteiger partial charge in [-0.25, -0.2) is 4.79 Å². The smallest absolute Gasteiger partial charge is 0.352 e. The molecule has 0 aliphatic rings. The fourth-order valence-electron chi connectivity index (χ4n) is 2.43. The molecule has 0 radical (unpaired) electrons. The molecule has 0 atom stereocenters. The lowest BCUT2D eigenvalue weighted by molar-refractivity contribution is -0.120. The van der Waals surface area contributed by atoms with E-state index < -0.39 is 5.97 Å². The average Bonchev–Trinajstić information content (AvgIpc) is 2.85. The second-order valence-corrected chi connectivity index (χ2v) is 6.21. The number of fused-ring (bicyclic) bond motifs is 1. The van der Waals surface area contributed by atoms with Crippen molar-refractivity contribution in [2.45, 2.75) is 32.8 Å². The van der Waals surface area contributed by atoms with Crippen LogP contribution >= 0.6 is 11.6 Å². The number of aromatic carboxylic acids is 1. The van der Waals surface area contributed by atoms with Crippen LogP contribution in [0.4, 0.5) is 0 Å². The number of aromatic nitrogens is 1. The molecule has 6 nitrogen and oxygen atoms in total. The van der Waals surface area contributed by atoms with E-state index in [9.17, 15) is 14.7 Å². The Balaban J connectivity index is 2.05. The average molecular weight is 353 g/mol. The number of hydrogen-bond donors (Lipinski definition) is 3. The number of carboxylic acid groups (broad SMARTS) is 1. The van der Waals surface area contributed by atoms with Gasteiger partial charge in [0.25, 0.3) is 0 Å². The lowest BCUT2D eigenvalue weighted by Crippen LogP contribution is -2.27. The van der Waals surface area contributed by atoms with Crippen molar-refractivity contribution < 1.29 is 19.4 Å². The molecule has 7 heteroatoms. The van der Waals surface area contributed by atoms with E-state index in [-0.39, 0.29) is 24.1 Å². The Bertz CT molecular complexity index is 740. The van der Waals surface area contributed by atoms with Crippen molar-refractivity contribution in [3.63, 3.8) is 0 Å². The van der Waals surface area contributed by atoms with E-state index >= 15 is 0 Å². The van der Waals surface area contributed by atoms with Crippen molar-refractivity contribution in [3.05, 3.63) is 34.5 Å². The van der Waals surface area contributed by atoms with Crippen LogP contribution in [0.2, 0.25) is 5.02 Å². The van der Waals surface area contributed by atoms with Crippen molar-refractivity contribution in [2.24, 2.45) is 0 Å². The van der Waals surface area contributed by atoms with Crippen LogP contribution in [0.3, 0.4) is 0 Å². The Kier molecular flexibility index (Phi) is 6.23. The Hall–Kier alpha value is -2.05. The van der Waals surface area contributed by atoms with E-state index in [1.165, 1.54) is 0 Å². The maximum Gasteiger partial charge on any atom is 0.352 e. The van der Waals surface area contributed by atoms with Crippen LogP contribution in [-0.4, -0.2) is 41.2 Å². The molecule has 130 valence electrons. The second-order valence-electron chi connectivity index (χ2n) is 5.77. The molecule has 0 bridgehead atoms. The molecule has 1 aromatic heterocycles. The number of carboxylic acids is 1. The zero-order chi connectivity index (χ0) is 17.7. The number of rotatable bonds is 8. The Morgan fingerprint density at radius 3 is 2.79 bits per heavy atom. The summed E-state index contributed by atoms with van der Waals surface area (Å²) >= 11 is 5.98. The second kappa shape index (κ2) is 8.17. The van der Waals surface area contributed by atoms with Gasteiger partial charge < -0.3 is 20.1 Å². The van der Waals surface area contributed by atoms with Crippen LogP contribution in [0.25, 0.3) is 10.9 Å². The quantitative estimate of drug-likeness (QED) is 0.637. The van der Waals surface area contributed by atoms with Gasteiger partial charge in [0.05, 0.1) is 12.5 Å². The summed E-state index contributed by atoms with van der Waals surface area (Å²) in [5, 5.41) is 13.3. The Morgan fingerprint density at radius 1 is 1.38 bits per heavy atom. The third-order valence-electron chi connectivity index (χ3n) is 3.51. The van der Waals surface area contributed by atoms with Gasteiger partial charge in [0.1, 0.15) is 5.69 Å². The molecule has 0 unspecified atom stereocenters. The molecule has 0 fully saturated rings. The van der Waals surface area contributed by atoms with E-state index in [1.54, 1.807) is 18.2 Å². The van der Waals surface area contributed by atoms with Crippen LogP contribution in [0.15, 0.2) is 18.2 Å². The lowest BCUT2D eigenvalue weighted by Gasteiger charge is -2.08. The zero-order valence-electron chi connectivity index (χ0n) is 13.7. The summed E-state index contributed by atoms with van der Waals surface area (Å²) in [6.07, 6.45) is 0.845. The summed E-state index contributed by atoms with van der Waals surface area (Å²) in [4.78, 5) is 26.4. The van der Waals surface area contributed by atoms with E-state index in [0.29, 0.717) is 41.1 Å². The molecule has 2 aromatic rings. The SMILES string of the molecule is CC(C)OCCCNC(=O)Cc1c(C(=O)O)[nH]c2ccc(Cl)cc12. The fourth-order valence-corrected chi connectivity index (χ4v) is 2.60. The van der Waals surface area contributed by atoms with Crippen molar-refractivity contribution >= 4 is 34.4 Å². The number of hydrogen-bond acceptors (Lipinski definition) is 3. The molecule has 0 aliphatic carbocycles. The molecular formula is C17H21ClN2O4. The van der Waals surface area contributed by atoms with Gasteiger partial charge in [0.2, 0.25) is 5.91 Å². The largest absolute Gasteiger partial charge is 0.477 e. The van der Waals surface area contributed by atoms with Crippen molar-refractivity contribution in [1.29, 1.82) is 0 Å². The molecule has 0 saturated carbocycles. The van der Waals surface area contributed by atoms with E-state index in [4.69, 9.17) is 16.3 Å². The van der Waals surface area contributed by atoms with Gasteiger partial charge in [0, 0.05) is 34.6 Å². The molecule has 24 heavy (non-hydrogen) atoms. The predicted molar refractivity (Wildman–Crippen MR) is 92.7 cm³/mol. The number of aromatic amines is 1. The first-order valence-corrected chi connectivity index (χ1v) is 8.18.